The summed E-state index contributed by atoms with van der Waals surface area (Å²) >= 11 is 0. The Hall–Kier alpha value is -5.95. The summed E-state index contributed by atoms with van der Waals surface area (Å²) in [5.74, 6) is -13.3. The molecule has 0 aromatic carbocycles. The van der Waals surface area contributed by atoms with Crippen molar-refractivity contribution in [3.05, 3.63) is 0 Å². The summed E-state index contributed by atoms with van der Waals surface area (Å²) in [5.41, 5.74) is 0. The van der Waals surface area contributed by atoms with Crippen LogP contribution in [-0.4, -0.2) is 165 Å². The Bertz CT molecular complexity index is 2060. The van der Waals surface area contributed by atoms with Crippen LogP contribution in [0.5, 0.6) is 0 Å². The lowest BCUT2D eigenvalue weighted by molar-refractivity contribution is -0.158. The van der Waals surface area contributed by atoms with Gasteiger partial charge in [-0.05, 0) is 68.6 Å². The highest BCUT2D eigenvalue weighted by molar-refractivity contribution is 5.99. The smallest absolute Gasteiger partial charge is 0.329 e. The number of ether oxygens (including phenoxy) is 1. The van der Waals surface area contributed by atoms with Crippen LogP contribution in [0, 0.1) is 29.6 Å². The van der Waals surface area contributed by atoms with E-state index in [1.54, 1.807) is 69.2 Å². The van der Waals surface area contributed by atoms with Crippen LogP contribution in [0.1, 0.15) is 179 Å². The molecule has 25 nitrogen and oxygen atoms in total. The van der Waals surface area contributed by atoms with Crippen molar-refractivity contribution in [2.45, 2.75) is 246 Å². The number of carbonyl (C=O) groups excluding carboxylic acids is 10. The van der Waals surface area contributed by atoms with Gasteiger partial charge >= 0.3 is 11.9 Å². The van der Waals surface area contributed by atoms with Crippen LogP contribution in [-0.2, 0) is 57.5 Å². The third kappa shape index (κ3) is 27.1. The van der Waals surface area contributed by atoms with E-state index in [1.165, 1.54) is 6.92 Å². The van der Waals surface area contributed by atoms with E-state index in [0.717, 1.165) is 32.1 Å². The maximum absolute atomic E-state index is 14.8. The second kappa shape index (κ2) is 37.9. The standard InChI is InChI=1S/C56H99N9O16/c1-13-16-17-18-19-20-21-36(68)27-43(69)57-38(24-30(4)5)49(73)58-37(22-23-44(70)71)48(72)65-47-35(12)81-56(80)46(34(11)15-3)64-53(77)42(29-67)62-50(74)39(25-31(6)7)59-52(76)41(28-66)61-51(75)40(26-32(8)9)60-54(78)45(33(10)14-2)63-55(47)79/h30-42,45-47,66-68H,13-29H2,1-12H3,(H,57,69)(H,58,73)(H,59,76)(H,60,78)(H,61,75)(H,62,74)(H,63,79)(H,64,77)(H,65,72)(H,70,71)/t33-,34-,35+,36+,37+,38-,39-,40-,41-,42+,45+,46+,47+/m0/s1. The van der Waals surface area contributed by atoms with Crippen molar-refractivity contribution in [2.75, 3.05) is 13.2 Å². The highest BCUT2D eigenvalue weighted by Crippen LogP contribution is 2.18. The van der Waals surface area contributed by atoms with Crippen LogP contribution in [0.15, 0.2) is 0 Å². The number of carbonyl (C=O) groups is 11. The molecule has 1 aliphatic heterocycles. The van der Waals surface area contributed by atoms with E-state index >= 15 is 0 Å². The van der Waals surface area contributed by atoms with Gasteiger partial charge in [-0.3, -0.25) is 47.9 Å². The molecule has 9 amide bonds. The van der Waals surface area contributed by atoms with E-state index in [4.69, 9.17) is 4.74 Å². The molecule has 0 aromatic heterocycles. The molecule has 464 valence electrons. The molecule has 1 fully saturated rings. The maximum atomic E-state index is 14.8. The maximum Gasteiger partial charge on any atom is 0.329 e. The van der Waals surface area contributed by atoms with Crippen molar-refractivity contribution in [1.82, 2.24) is 47.9 Å². The van der Waals surface area contributed by atoms with Gasteiger partial charge in [-0.25, -0.2) is 4.79 Å². The molecule has 0 spiro atoms. The molecule has 1 saturated heterocycles. The van der Waals surface area contributed by atoms with Gasteiger partial charge in [0.05, 0.1) is 25.7 Å². The number of aliphatic hydroxyl groups is 3. The van der Waals surface area contributed by atoms with E-state index in [9.17, 15) is 73.2 Å². The zero-order chi connectivity index (χ0) is 61.7. The zero-order valence-electron chi connectivity index (χ0n) is 49.9. The lowest BCUT2D eigenvalue weighted by Crippen LogP contribution is -2.64. The Kier molecular flexibility index (Phi) is 34.2. The van der Waals surface area contributed by atoms with Crippen LogP contribution in [0.25, 0.3) is 0 Å². The largest absolute Gasteiger partial charge is 0.481 e. The molecule has 0 unspecified atom stereocenters. The highest BCUT2D eigenvalue weighted by Gasteiger charge is 2.41. The molecule has 1 aliphatic rings. The van der Waals surface area contributed by atoms with Crippen LogP contribution < -0.4 is 47.9 Å². The molecule has 0 aromatic rings. The number of cyclic esters (lactones) is 1. The quantitative estimate of drug-likeness (QED) is 0.0365. The number of carboxylic acid groups (broad SMARTS) is 1. The average molecular weight is 1150 g/mol. The molecular weight excluding hydrogens is 1050 g/mol. The minimum Gasteiger partial charge on any atom is -0.481 e. The van der Waals surface area contributed by atoms with E-state index in [0.29, 0.717) is 12.8 Å². The summed E-state index contributed by atoms with van der Waals surface area (Å²) in [5, 5.41) is 63.8. The van der Waals surface area contributed by atoms with E-state index in [-0.39, 0.29) is 56.3 Å². The van der Waals surface area contributed by atoms with Gasteiger partial charge in [-0.1, -0.05) is 128 Å². The second-order valence-electron chi connectivity index (χ2n) is 22.9. The fraction of sp³-hybridized carbons (Fsp3) is 0.804. The number of amides is 9. The molecule has 81 heavy (non-hydrogen) atoms. The van der Waals surface area contributed by atoms with Crippen LogP contribution in [0.2, 0.25) is 0 Å². The van der Waals surface area contributed by atoms with Gasteiger partial charge in [0.25, 0.3) is 0 Å². The number of hydrogen-bond acceptors (Lipinski definition) is 15. The summed E-state index contributed by atoms with van der Waals surface area (Å²) in [4.78, 5) is 153. The molecule has 0 bridgehead atoms. The first kappa shape index (κ1) is 73.1. The van der Waals surface area contributed by atoms with Crippen molar-refractivity contribution in [1.29, 1.82) is 0 Å². The Morgan fingerprint density at radius 2 is 1.02 bits per heavy atom. The van der Waals surface area contributed by atoms with Crippen molar-refractivity contribution >= 4 is 65.1 Å². The SMILES string of the molecule is CCCCCCCC[C@@H](O)CC(=O)N[C@@H](CC(C)C)C(=O)N[C@H](CCC(=O)O)C(=O)N[C@H]1C(=O)N[C@H]([C@@H](C)CC)C(=O)N[C@@H](CC(C)C)C(=O)N[C@@H](CO)C(=O)N[C@@H](CC(C)C)C(=O)N[C@H](CO)C(=O)N[C@H]([C@@H](C)CC)C(=O)O[C@@H]1C. The van der Waals surface area contributed by atoms with Gasteiger partial charge in [0.15, 0.2) is 0 Å². The summed E-state index contributed by atoms with van der Waals surface area (Å²) in [7, 11) is 0. The topological polar surface area (TPSA) is 386 Å². The summed E-state index contributed by atoms with van der Waals surface area (Å²) in [6.07, 6.45) is 2.51. The van der Waals surface area contributed by atoms with Gasteiger partial charge < -0.3 is 73.0 Å². The fourth-order valence-electron chi connectivity index (χ4n) is 8.96. The van der Waals surface area contributed by atoms with Crippen molar-refractivity contribution < 1.29 is 77.9 Å². The number of unbranched alkanes of at least 4 members (excludes halogenated alkanes) is 5. The van der Waals surface area contributed by atoms with Crippen LogP contribution >= 0.6 is 0 Å². The van der Waals surface area contributed by atoms with Gasteiger partial charge in [0.2, 0.25) is 53.2 Å². The Morgan fingerprint density at radius 3 is 1.52 bits per heavy atom. The minimum absolute atomic E-state index is 0.00956. The number of hydrogen-bond donors (Lipinski definition) is 13. The van der Waals surface area contributed by atoms with E-state index in [2.05, 4.69) is 54.8 Å². The molecule has 0 aliphatic carbocycles. The number of nitrogens with one attached hydrogen (secondary N) is 9. The molecule has 0 saturated carbocycles. The summed E-state index contributed by atoms with van der Waals surface area (Å²) in [6.45, 7) is 18.5. The normalized spacial score (nSPS) is 24.0. The molecule has 25 heteroatoms. The number of rotatable bonds is 29. The van der Waals surface area contributed by atoms with Crippen LogP contribution in [0.4, 0.5) is 0 Å². The molecule has 1 rings (SSSR count). The molecule has 0 radical (unpaired) electrons. The fourth-order valence-corrected chi connectivity index (χ4v) is 8.96. The summed E-state index contributed by atoms with van der Waals surface area (Å²) in [6, 6.07) is -14.1. The molecular formula is C56H99N9O16. The lowest BCUT2D eigenvalue weighted by Gasteiger charge is -2.32. The molecule has 13 atom stereocenters. The number of aliphatic hydroxyl groups excluding tert-OH is 3. The van der Waals surface area contributed by atoms with E-state index < -0.39 is 170 Å². The molecule has 1 heterocycles. The Morgan fingerprint density at radius 1 is 0.556 bits per heavy atom. The number of esters is 1. The number of aliphatic carboxylic acids is 1. The van der Waals surface area contributed by atoms with E-state index in [1.807, 2.05) is 0 Å². The molecule has 13 N–H and O–H groups in total. The summed E-state index contributed by atoms with van der Waals surface area (Å²) < 4.78 is 5.85. The second-order valence-corrected chi connectivity index (χ2v) is 22.9. The average Bonchev–Trinajstić information content (AvgIpc) is 3.42. The van der Waals surface area contributed by atoms with Gasteiger partial charge in [0, 0.05) is 6.42 Å². The van der Waals surface area contributed by atoms with Gasteiger partial charge in [0.1, 0.15) is 60.5 Å². The van der Waals surface area contributed by atoms with Gasteiger partial charge in [-0.15, -0.1) is 0 Å². The van der Waals surface area contributed by atoms with Crippen molar-refractivity contribution in [3.63, 3.8) is 0 Å². The predicted octanol–water partition coefficient (Wildman–Crippen LogP) is 0.876. The highest BCUT2D eigenvalue weighted by atomic mass is 16.5. The first-order valence-corrected chi connectivity index (χ1v) is 29.1. The van der Waals surface area contributed by atoms with Crippen LogP contribution in [0.3, 0.4) is 0 Å². The Labute approximate surface area is 478 Å². The minimum atomic E-state index is -1.95. The van der Waals surface area contributed by atoms with Crippen molar-refractivity contribution in [3.8, 4) is 0 Å². The van der Waals surface area contributed by atoms with Gasteiger partial charge in [-0.2, -0.15) is 0 Å². The predicted molar refractivity (Wildman–Crippen MR) is 300 cm³/mol. The lowest BCUT2D eigenvalue weighted by atomic mass is 9.96. The monoisotopic (exact) mass is 1150 g/mol. The number of carboxylic acids is 1. The van der Waals surface area contributed by atoms with Crippen molar-refractivity contribution in [2.24, 2.45) is 29.6 Å². The first-order valence-electron chi connectivity index (χ1n) is 29.1. The third-order valence-electron chi connectivity index (χ3n) is 14.2. The third-order valence-corrected chi connectivity index (χ3v) is 14.2. The zero-order valence-corrected chi connectivity index (χ0v) is 49.9. The first-order chi connectivity index (χ1) is 38.0. The Balaban J connectivity index is 4.01.